The molecule has 0 unspecified atom stereocenters. The van der Waals surface area contributed by atoms with Gasteiger partial charge in [-0.3, -0.25) is 4.90 Å². The fourth-order valence-electron chi connectivity index (χ4n) is 4.79. The van der Waals surface area contributed by atoms with E-state index in [0.717, 1.165) is 12.5 Å². The van der Waals surface area contributed by atoms with E-state index in [9.17, 15) is 0 Å². The monoisotopic (exact) mass is 389 g/mol. The number of piperidine rings is 1. The number of piperazine rings is 1. The highest BCUT2D eigenvalue weighted by molar-refractivity contribution is 5.77. The molecule has 0 amide bonds. The highest BCUT2D eigenvalue weighted by Crippen LogP contribution is 2.27. The third-order valence-electron chi connectivity index (χ3n) is 6.84. The minimum Gasteiger partial charge on any atom is -0.374 e. The summed E-state index contributed by atoms with van der Waals surface area (Å²) in [5, 5.41) is 0. The van der Waals surface area contributed by atoms with Crippen molar-refractivity contribution in [1.29, 1.82) is 0 Å². The highest BCUT2D eigenvalue weighted by Gasteiger charge is 2.27. The lowest BCUT2D eigenvalue weighted by molar-refractivity contribution is 0.0753. The van der Waals surface area contributed by atoms with Crippen LogP contribution < -0.4 is 0 Å². The van der Waals surface area contributed by atoms with Crippen LogP contribution in [0.4, 0.5) is 0 Å². The molecule has 3 aliphatic rings. The normalized spacial score (nSPS) is 22.2. The van der Waals surface area contributed by atoms with Crippen molar-refractivity contribution in [3.63, 3.8) is 0 Å². The van der Waals surface area contributed by atoms with E-state index in [2.05, 4.69) is 77.8 Å². The third-order valence-corrected chi connectivity index (χ3v) is 6.84. The van der Waals surface area contributed by atoms with Crippen LogP contribution in [0.5, 0.6) is 0 Å². The molecular formula is C26H35N3. The topological polar surface area (TPSA) is 9.72 Å². The molecule has 0 atom stereocenters. The quantitative estimate of drug-likeness (QED) is 0.746. The van der Waals surface area contributed by atoms with Gasteiger partial charge in [-0.25, -0.2) is 0 Å². The number of hydrogen-bond acceptors (Lipinski definition) is 3. The van der Waals surface area contributed by atoms with E-state index in [1.807, 2.05) is 6.08 Å². The Morgan fingerprint density at radius 1 is 1.00 bits per heavy atom. The SMILES string of the molecule is C=Cc1cc(C2=CC=C(N3CCC(N4CCN(C)CC4)CC3)CC=C2)ccc1C. The Hall–Kier alpha value is -2.10. The van der Waals surface area contributed by atoms with E-state index < -0.39 is 0 Å². The largest absolute Gasteiger partial charge is 0.374 e. The molecule has 1 aromatic carbocycles. The zero-order valence-electron chi connectivity index (χ0n) is 18.1. The van der Waals surface area contributed by atoms with Gasteiger partial charge in [-0.2, -0.15) is 0 Å². The van der Waals surface area contributed by atoms with Crippen LogP contribution in [-0.2, 0) is 0 Å². The summed E-state index contributed by atoms with van der Waals surface area (Å²) in [6, 6.07) is 7.44. The predicted molar refractivity (Wildman–Crippen MR) is 125 cm³/mol. The molecule has 0 radical (unpaired) electrons. The lowest BCUT2D eigenvalue weighted by Gasteiger charge is -2.43. The molecule has 0 saturated carbocycles. The zero-order valence-corrected chi connectivity index (χ0v) is 18.1. The summed E-state index contributed by atoms with van der Waals surface area (Å²) < 4.78 is 0. The lowest BCUT2D eigenvalue weighted by atomic mass is 9.99. The molecule has 3 heteroatoms. The van der Waals surface area contributed by atoms with Crippen LogP contribution >= 0.6 is 0 Å². The molecule has 2 heterocycles. The maximum Gasteiger partial charge on any atom is 0.0190 e. The van der Waals surface area contributed by atoms with Gasteiger partial charge in [-0.15, -0.1) is 0 Å². The molecule has 2 saturated heterocycles. The number of likely N-dealkylation sites (tertiary alicyclic amines) is 1. The van der Waals surface area contributed by atoms with Gasteiger partial charge in [0.05, 0.1) is 0 Å². The van der Waals surface area contributed by atoms with Crippen LogP contribution in [-0.4, -0.2) is 67.1 Å². The standard InChI is InChI=1S/C26H35N3/c1-4-22-20-24(9-8-21(22)2)23-6-5-7-25(11-10-23)28-14-12-26(13-15-28)29-18-16-27(3)17-19-29/h4-6,8-11,20,26H,1,7,12-19H2,2-3H3. The van der Waals surface area contributed by atoms with Crippen molar-refractivity contribution < 1.29 is 0 Å². The first-order valence-electron chi connectivity index (χ1n) is 11.1. The summed E-state index contributed by atoms with van der Waals surface area (Å²) in [5.74, 6) is 0. The van der Waals surface area contributed by atoms with Crippen LogP contribution in [0.25, 0.3) is 11.6 Å². The summed E-state index contributed by atoms with van der Waals surface area (Å²) in [5.41, 5.74) is 6.52. The lowest BCUT2D eigenvalue weighted by Crippen LogP contribution is -2.52. The van der Waals surface area contributed by atoms with Crippen LogP contribution in [0.1, 0.15) is 36.0 Å². The van der Waals surface area contributed by atoms with E-state index in [0.29, 0.717) is 0 Å². The Kier molecular flexibility index (Phi) is 6.37. The van der Waals surface area contributed by atoms with Crippen molar-refractivity contribution >= 4 is 11.6 Å². The van der Waals surface area contributed by atoms with Crippen molar-refractivity contribution in [1.82, 2.24) is 14.7 Å². The number of allylic oxidation sites excluding steroid dienone is 5. The number of aryl methyl sites for hydroxylation is 1. The summed E-state index contributed by atoms with van der Waals surface area (Å²) >= 11 is 0. The highest BCUT2D eigenvalue weighted by atomic mass is 15.3. The Labute approximate surface area is 176 Å². The summed E-state index contributed by atoms with van der Waals surface area (Å²) in [4.78, 5) is 7.79. The van der Waals surface area contributed by atoms with E-state index >= 15 is 0 Å². The van der Waals surface area contributed by atoms with Crippen molar-refractivity contribution in [2.24, 2.45) is 0 Å². The average Bonchev–Trinajstić information content (AvgIpc) is 3.01. The number of nitrogens with zero attached hydrogens (tertiary/aromatic N) is 3. The molecule has 1 aromatic rings. The molecule has 0 spiro atoms. The predicted octanol–water partition coefficient (Wildman–Crippen LogP) is 4.58. The van der Waals surface area contributed by atoms with E-state index in [1.54, 1.807) is 0 Å². The van der Waals surface area contributed by atoms with Crippen LogP contribution in [0.15, 0.2) is 54.8 Å². The van der Waals surface area contributed by atoms with Crippen LogP contribution in [0, 0.1) is 6.92 Å². The molecule has 3 nitrogen and oxygen atoms in total. The van der Waals surface area contributed by atoms with E-state index in [4.69, 9.17) is 0 Å². The molecule has 0 aromatic heterocycles. The summed E-state index contributed by atoms with van der Waals surface area (Å²) in [7, 11) is 2.24. The summed E-state index contributed by atoms with van der Waals surface area (Å²) in [6.07, 6.45) is 14.8. The molecule has 4 rings (SSSR count). The van der Waals surface area contributed by atoms with Gasteiger partial charge >= 0.3 is 0 Å². The molecule has 0 N–H and O–H groups in total. The van der Waals surface area contributed by atoms with Crippen molar-refractivity contribution in [2.75, 3.05) is 46.3 Å². The second-order valence-corrected chi connectivity index (χ2v) is 8.72. The smallest absolute Gasteiger partial charge is 0.0190 e. The molecular weight excluding hydrogens is 354 g/mol. The first kappa shape index (κ1) is 20.2. The van der Waals surface area contributed by atoms with Gasteiger partial charge in [-0.1, -0.05) is 43.0 Å². The van der Waals surface area contributed by atoms with Crippen LogP contribution in [0.3, 0.4) is 0 Å². The van der Waals surface area contributed by atoms with Crippen LogP contribution in [0.2, 0.25) is 0 Å². The first-order chi connectivity index (χ1) is 14.1. The van der Waals surface area contributed by atoms with Crippen molar-refractivity contribution in [2.45, 2.75) is 32.2 Å². The fourth-order valence-corrected chi connectivity index (χ4v) is 4.79. The number of likely N-dealkylation sites (N-methyl/N-ethyl adjacent to an activating group) is 1. The van der Waals surface area contributed by atoms with Gasteiger partial charge in [0.25, 0.3) is 0 Å². The Balaban J connectivity index is 1.40. The van der Waals surface area contributed by atoms with E-state index in [-0.39, 0.29) is 0 Å². The minimum absolute atomic E-state index is 0.776. The number of benzene rings is 1. The van der Waals surface area contributed by atoms with E-state index in [1.165, 1.54) is 80.1 Å². The molecule has 2 fully saturated rings. The fraction of sp³-hybridized carbons (Fsp3) is 0.462. The van der Waals surface area contributed by atoms with Gasteiger partial charge in [0.15, 0.2) is 0 Å². The Morgan fingerprint density at radius 3 is 2.48 bits per heavy atom. The second-order valence-electron chi connectivity index (χ2n) is 8.72. The van der Waals surface area contributed by atoms with Gasteiger partial charge in [0, 0.05) is 57.4 Å². The summed E-state index contributed by atoms with van der Waals surface area (Å²) in [6.45, 7) is 13.4. The van der Waals surface area contributed by atoms with Gasteiger partial charge < -0.3 is 9.80 Å². The third kappa shape index (κ3) is 4.73. The molecule has 154 valence electrons. The van der Waals surface area contributed by atoms with Crippen molar-refractivity contribution in [3.8, 4) is 0 Å². The number of rotatable bonds is 4. The maximum atomic E-state index is 3.95. The zero-order chi connectivity index (χ0) is 20.2. The Bertz CT molecular complexity index is 816. The Morgan fingerprint density at radius 2 is 1.76 bits per heavy atom. The van der Waals surface area contributed by atoms with Gasteiger partial charge in [0.2, 0.25) is 0 Å². The molecule has 1 aliphatic carbocycles. The van der Waals surface area contributed by atoms with Crippen molar-refractivity contribution in [3.05, 3.63) is 71.5 Å². The first-order valence-corrected chi connectivity index (χ1v) is 11.1. The minimum atomic E-state index is 0.776. The maximum absolute atomic E-state index is 3.95. The molecule has 2 aliphatic heterocycles. The van der Waals surface area contributed by atoms with Gasteiger partial charge in [-0.05, 0) is 61.2 Å². The number of hydrogen-bond donors (Lipinski definition) is 0. The molecule has 0 bridgehead atoms. The molecule has 29 heavy (non-hydrogen) atoms. The average molecular weight is 390 g/mol. The second kappa shape index (κ2) is 9.15. The van der Waals surface area contributed by atoms with Gasteiger partial charge in [0.1, 0.15) is 0 Å².